The highest BCUT2D eigenvalue weighted by atomic mass is 32.2. The van der Waals surface area contributed by atoms with Crippen molar-refractivity contribution < 1.29 is 13.2 Å². The lowest BCUT2D eigenvalue weighted by atomic mass is 10.2. The van der Waals surface area contributed by atoms with Crippen molar-refractivity contribution in [3.05, 3.63) is 59.7 Å². The van der Waals surface area contributed by atoms with Crippen molar-refractivity contribution in [1.29, 1.82) is 0 Å². The quantitative estimate of drug-likeness (QED) is 0.936. The molecule has 0 aliphatic heterocycles. The van der Waals surface area contributed by atoms with Crippen molar-refractivity contribution in [3.8, 4) is 0 Å². The van der Waals surface area contributed by atoms with Gasteiger partial charge in [-0.3, -0.25) is 4.79 Å². The molecule has 2 aromatic rings. The maximum Gasteiger partial charge on any atom is 0.246 e. The van der Waals surface area contributed by atoms with E-state index >= 15 is 0 Å². The molecule has 1 N–H and O–H groups in total. The highest BCUT2D eigenvalue weighted by Gasteiger charge is 2.61. The van der Waals surface area contributed by atoms with Crippen molar-refractivity contribution >= 4 is 21.4 Å². The minimum Gasteiger partial charge on any atom is -0.325 e. The molecule has 0 unspecified atom stereocenters. The van der Waals surface area contributed by atoms with Crippen LogP contribution in [0.4, 0.5) is 5.69 Å². The average Bonchev–Trinajstić information content (AvgIpc) is 3.30. The van der Waals surface area contributed by atoms with Gasteiger partial charge in [-0.05, 0) is 56.5 Å². The minimum atomic E-state index is -3.69. The number of rotatable bonds is 4. The van der Waals surface area contributed by atoms with Gasteiger partial charge in [-0.25, -0.2) is 8.42 Å². The average molecular weight is 329 g/mol. The molecule has 23 heavy (non-hydrogen) atoms. The van der Waals surface area contributed by atoms with Crippen LogP contribution in [-0.2, 0) is 14.6 Å². The molecule has 1 fully saturated rings. The summed E-state index contributed by atoms with van der Waals surface area (Å²) >= 11 is 0. The zero-order valence-electron chi connectivity index (χ0n) is 13.2. The summed E-state index contributed by atoms with van der Waals surface area (Å²) in [5.74, 6) is -0.441. The molecule has 1 amide bonds. The molecule has 0 bridgehead atoms. The van der Waals surface area contributed by atoms with Crippen LogP contribution in [0.1, 0.15) is 24.0 Å². The molecule has 1 aliphatic carbocycles. The lowest BCUT2D eigenvalue weighted by molar-refractivity contribution is -0.116. The smallest absolute Gasteiger partial charge is 0.246 e. The first-order chi connectivity index (χ1) is 10.8. The van der Waals surface area contributed by atoms with E-state index in [1.165, 1.54) is 0 Å². The Morgan fingerprint density at radius 2 is 1.65 bits per heavy atom. The first-order valence-electron chi connectivity index (χ1n) is 7.55. The SMILES string of the molecule is Cc1ccc(S(=O)(=O)C2(C(=O)Nc3cccc(C)c3)CC2)cc1. The lowest BCUT2D eigenvalue weighted by Gasteiger charge is -2.16. The van der Waals surface area contributed by atoms with Crippen molar-refractivity contribution in [3.63, 3.8) is 0 Å². The summed E-state index contributed by atoms with van der Waals surface area (Å²) in [7, 11) is -3.69. The first kappa shape index (κ1) is 15.7. The number of hydrogen-bond donors (Lipinski definition) is 1. The van der Waals surface area contributed by atoms with Crippen LogP contribution < -0.4 is 5.32 Å². The van der Waals surface area contributed by atoms with Gasteiger partial charge in [0.1, 0.15) is 0 Å². The third-order valence-electron chi connectivity index (χ3n) is 4.24. The van der Waals surface area contributed by atoms with Gasteiger partial charge >= 0.3 is 0 Å². The summed E-state index contributed by atoms with van der Waals surface area (Å²) in [6.07, 6.45) is 0.724. The zero-order valence-corrected chi connectivity index (χ0v) is 14.0. The van der Waals surface area contributed by atoms with Gasteiger partial charge < -0.3 is 5.32 Å². The van der Waals surface area contributed by atoms with Gasteiger partial charge in [0, 0.05) is 5.69 Å². The maximum absolute atomic E-state index is 12.9. The summed E-state index contributed by atoms with van der Waals surface area (Å²) in [5, 5.41) is 2.75. The van der Waals surface area contributed by atoms with Gasteiger partial charge in [0.15, 0.2) is 14.6 Å². The third-order valence-corrected chi connectivity index (χ3v) is 6.75. The molecule has 5 heteroatoms. The summed E-state index contributed by atoms with van der Waals surface area (Å²) in [4.78, 5) is 12.8. The number of sulfone groups is 1. The summed E-state index contributed by atoms with van der Waals surface area (Å²) in [6.45, 7) is 3.82. The molecule has 0 aromatic heterocycles. The molecule has 120 valence electrons. The van der Waals surface area contributed by atoms with E-state index in [-0.39, 0.29) is 4.90 Å². The van der Waals surface area contributed by atoms with E-state index in [2.05, 4.69) is 5.32 Å². The van der Waals surface area contributed by atoms with Crippen molar-refractivity contribution in [2.45, 2.75) is 36.3 Å². The Morgan fingerprint density at radius 1 is 1.00 bits per heavy atom. The van der Waals surface area contributed by atoms with E-state index in [0.717, 1.165) is 11.1 Å². The van der Waals surface area contributed by atoms with E-state index in [0.29, 0.717) is 18.5 Å². The lowest BCUT2D eigenvalue weighted by Crippen LogP contribution is -2.37. The summed E-state index contributed by atoms with van der Waals surface area (Å²) in [5.41, 5.74) is 2.62. The largest absolute Gasteiger partial charge is 0.325 e. The fraction of sp³-hybridized carbons (Fsp3) is 0.278. The molecule has 1 aliphatic rings. The van der Waals surface area contributed by atoms with Crippen molar-refractivity contribution in [2.75, 3.05) is 5.32 Å². The standard InChI is InChI=1S/C18H19NO3S/c1-13-6-8-16(9-7-13)23(21,22)18(10-11-18)17(20)19-15-5-3-4-14(2)12-15/h3-9,12H,10-11H2,1-2H3,(H,19,20). The van der Waals surface area contributed by atoms with Crippen LogP contribution in [0.15, 0.2) is 53.4 Å². The molecule has 0 heterocycles. The number of anilines is 1. The van der Waals surface area contributed by atoms with Gasteiger partial charge in [-0.15, -0.1) is 0 Å². The van der Waals surface area contributed by atoms with E-state index in [4.69, 9.17) is 0 Å². The number of carbonyl (C=O) groups is 1. The number of nitrogens with one attached hydrogen (secondary N) is 1. The Hall–Kier alpha value is -2.14. The van der Waals surface area contributed by atoms with Crippen LogP contribution >= 0.6 is 0 Å². The van der Waals surface area contributed by atoms with Crippen LogP contribution in [0.25, 0.3) is 0 Å². The number of carbonyl (C=O) groups excluding carboxylic acids is 1. The number of hydrogen-bond acceptors (Lipinski definition) is 3. The molecular formula is C18H19NO3S. The van der Waals surface area contributed by atoms with Crippen LogP contribution in [0.2, 0.25) is 0 Å². The topological polar surface area (TPSA) is 63.2 Å². The van der Waals surface area contributed by atoms with Gasteiger partial charge in [-0.2, -0.15) is 0 Å². The van der Waals surface area contributed by atoms with Gasteiger partial charge in [0.2, 0.25) is 5.91 Å². The normalized spacial score (nSPS) is 15.9. The van der Waals surface area contributed by atoms with E-state index in [1.54, 1.807) is 30.3 Å². The van der Waals surface area contributed by atoms with Gasteiger partial charge in [-0.1, -0.05) is 29.8 Å². The molecule has 1 saturated carbocycles. The van der Waals surface area contributed by atoms with E-state index in [9.17, 15) is 13.2 Å². The highest BCUT2D eigenvalue weighted by molar-refractivity contribution is 7.94. The van der Waals surface area contributed by atoms with Gasteiger partial charge in [0.05, 0.1) is 4.90 Å². The highest BCUT2D eigenvalue weighted by Crippen LogP contribution is 2.47. The molecule has 0 spiro atoms. The van der Waals surface area contributed by atoms with Crippen LogP contribution in [0, 0.1) is 13.8 Å². The van der Waals surface area contributed by atoms with Crippen LogP contribution in [0.3, 0.4) is 0 Å². The molecule has 3 rings (SSSR count). The Kier molecular flexibility index (Phi) is 3.76. The third kappa shape index (κ3) is 2.77. The molecular weight excluding hydrogens is 310 g/mol. The van der Waals surface area contributed by atoms with Crippen molar-refractivity contribution in [1.82, 2.24) is 0 Å². The molecule has 0 atom stereocenters. The fourth-order valence-electron chi connectivity index (χ4n) is 2.64. The zero-order chi connectivity index (χ0) is 16.7. The molecule has 4 nitrogen and oxygen atoms in total. The van der Waals surface area contributed by atoms with Crippen LogP contribution in [0.5, 0.6) is 0 Å². The molecule has 0 saturated heterocycles. The predicted octanol–water partition coefficient (Wildman–Crippen LogP) is 3.25. The monoisotopic (exact) mass is 329 g/mol. The second-order valence-electron chi connectivity index (χ2n) is 6.13. The molecule has 0 radical (unpaired) electrons. The van der Waals surface area contributed by atoms with E-state index in [1.807, 2.05) is 32.0 Å². The second kappa shape index (κ2) is 5.49. The number of benzene rings is 2. The second-order valence-corrected chi connectivity index (χ2v) is 8.39. The summed E-state index contributed by atoms with van der Waals surface area (Å²) in [6, 6.07) is 14.0. The Bertz CT molecular complexity index is 850. The predicted molar refractivity (Wildman–Crippen MR) is 90.1 cm³/mol. The Labute approximate surface area is 136 Å². The maximum atomic E-state index is 12.9. The number of aryl methyl sites for hydroxylation is 2. The molecule has 2 aromatic carbocycles. The van der Waals surface area contributed by atoms with E-state index < -0.39 is 20.5 Å². The van der Waals surface area contributed by atoms with Gasteiger partial charge in [0.25, 0.3) is 0 Å². The summed E-state index contributed by atoms with van der Waals surface area (Å²) < 4.78 is 24.4. The Morgan fingerprint density at radius 3 is 2.22 bits per heavy atom. The fourth-order valence-corrected chi connectivity index (χ4v) is 4.52. The first-order valence-corrected chi connectivity index (χ1v) is 9.03. The van der Waals surface area contributed by atoms with Crippen LogP contribution in [-0.4, -0.2) is 19.1 Å². The number of amides is 1. The Balaban J connectivity index is 1.89. The van der Waals surface area contributed by atoms with Crippen molar-refractivity contribution in [2.24, 2.45) is 0 Å². The minimum absolute atomic E-state index is 0.208.